The van der Waals surface area contributed by atoms with Crippen molar-refractivity contribution in [3.8, 4) is 5.69 Å². The fraction of sp³-hybridized carbons (Fsp3) is 0.389. The molecule has 10 heteroatoms. The molecule has 9 nitrogen and oxygen atoms in total. The van der Waals surface area contributed by atoms with Crippen LogP contribution >= 0.6 is 15.9 Å². The number of amides is 1. The number of hydrogen-bond acceptors (Lipinski definition) is 6. The lowest BCUT2D eigenvalue weighted by Crippen LogP contribution is -2.49. The Hall–Kier alpha value is -2.59. The van der Waals surface area contributed by atoms with Crippen LogP contribution in [0.4, 0.5) is 0 Å². The van der Waals surface area contributed by atoms with E-state index in [1.807, 2.05) is 38.1 Å². The first kappa shape index (κ1) is 18.8. The second-order valence-electron chi connectivity index (χ2n) is 6.88. The zero-order valence-corrected chi connectivity index (χ0v) is 17.0. The van der Waals surface area contributed by atoms with E-state index < -0.39 is 5.56 Å². The highest BCUT2D eigenvalue weighted by Crippen LogP contribution is 2.16. The molecular formula is C18H19BrN6O3. The Balaban J connectivity index is 1.61. The first-order valence-electron chi connectivity index (χ1n) is 8.92. The summed E-state index contributed by atoms with van der Waals surface area (Å²) in [4.78, 5) is 31.5. The predicted molar refractivity (Wildman–Crippen MR) is 105 cm³/mol. The van der Waals surface area contributed by atoms with Crippen molar-refractivity contribution in [2.45, 2.75) is 32.6 Å². The Labute approximate surface area is 169 Å². The molecule has 0 bridgehead atoms. The molecule has 1 fully saturated rings. The van der Waals surface area contributed by atoms with Gasteiger partial charge in [0.25, 0.3) is 5.56 Å². The van der Waals surface area contributed by atoms with Crippen molar-refractivity contribution in [3.63, 3.8) is 0 Å². The molecule has 0 aliphatic carbocycles. The highest BCUT2D eigenvalue weighted by atomic mass is 79.9. The summed E-state index contributed by atoms with van der Waals surface area (Å²) in [7, 11) is 0. The Morgan fingerprint density at radius 3 is 2.57 bits per heavy atom. The van der Waals surface area contributed by atoms with Crippen LogP contribution in [-0.2, 0) is 16.1 Å². The maximum absolute atomic E-state index is 12.8. The lowest BCUT2D eigenvalue weighted by molar-refractivity contribution is -0.143. The van der Waals surface area contributed by atoms with Gasteiger partial charge in [0.2, 0.25) is 5.91 Å². The van der Waals surface area contributed by atoms with Crippen molar-refractivity contribution in [1.82, 2.24) is 29.4 Å². The van der Waals surface area contributed by atoms with Gasteiger partial charge in [-0.2, -0.15) is 4.68 Å². The fourth-order valence-electron chi connectivity index (χ4n) is 3.34. The first-order valence-corrected chi connectivity index (χ1v) is 9.71. The van der Waals surface area contributed by atoms with Gasteiger partial charge in [-0.1, -0.05) is 21.1 Å². The van der Waals surface area contributed by atoms with Crippen LogP contribution < -0.4 is 5.56 Å². The van der Waals surface area contributed by atoms with E-state index in [0.717, 1.165) is 10.2 Å². The van der Waals surface area contributed by atoms with Crippen LogP contribution in [0.5, 0.6) is 0 Å². The summed E-state index contributed by atoms with van der Waals surface area (Å²) in [6, 6.07) is 7.42. The molecule has 3 aromatic rings. The Bertz CT molecular complexity index is 1070. The molecule has 1 amide bonds. The average Bonchev–Trinajstić information content (AvgIpc) is 3.08. The molecule has 1 saturated heterocycles. The van der Waals surface area contributed by atoms with Crippen molar-refractivity contribution in [2.24, 2.45) is 0 Å². The summed E-state index contributed by atoms with van der Waals surface area (Å²) in [6.45, 7) is 4.78. The zero-order chi connectivity index (χ0) is 19.8. The predicted octanol–water partition coefficient (Wildman–Crippen LogP) is 1.38. The van der Waals surface area contributed by atoms with Crippen molar-refractivity contribution < 1.29 is 9.53 Å². The molecule has 28 heavy (non-hydrogen) atoms. The van der Waals surface area contributed by atoms with Crippen LogP contribution in [0.3, 0.4) is 0 Å². The number of fused-ring (bicyclic) bond motifs is 1. The number of halogens is 1. The molecule has 0 unspecified atom stereocenters. The van der Waals surface area contributed by atoms with Crippen molar-refractivity contribution in [3.05, 3.63) is 45.4 Å². The highest BCUT2D eigenvalue weighted by molar-refractivity contribution is 9.10. The molecule has 4 rings (SSSR count). The lowest BCUT2D eigenvalue weighted by Gasteiger charge is -2.35. The maximum Gasteiger partial charge on any atom is 0.284 e. The summed E-state index contributed by atoms with van der Waals surface area (Å²) < 4.78 is 9.36. The standard InChI is InChI=1S/C18H19BrN6O3/c1-11-7-23(8-12(2)28-11)15(26)9-24-10-20-17-16(18(24)27)21-22-25(17)14-5-3-13(19)4-6-14/h3-6,10-12H,7-9H2,1-2H3/t11-,12-/m0/s1. The Morgan fingerprint density at radius 1 is 1.21 bits per heavy atom. The van der Waals surface area contributed by atoms with Crippen molar-refractivity contribution >= 4 is 33.0 Å². The van der Waals surface area contributed by atoms with Crippen LogP contribution in [0.15, 0.2) is 39.9 Å². The van der Waals surface area contributed by atoms with E-state index in [4.69, 9.17) is 4.74 Å². The number of nitrogens with zero attached hydrogens (tertiary/aromatic N) is 6. The third-order valence-electron chi connectivity index (χ3n) is 4.58. The van der Waals surface area contributed by atoms with Gasteiger partial charge in [-0.15, -0.1) is 5.10 Å². The van der Waals surface area contributed by atoms with Gasteiger partial charge in [0.05, 0.1) is 17.9 Å². The Morgan fingerprint density at radius 2 is 1.89 bits per heavy atom. The number of carbonyl (C=O) groups is 1. The monoisotopic (exact) mass is 446 g/mol. The fourth-order valence-corrected chi connectivity index (χ4v) is 3.60. The zero-order valence-electron chi connectivity index (χ0n) is 15.4. The van der Waals surface area contributed by atoms with Crippen LogP contribution in [-0.4, -0.2) is 60.6 Å². The smallest absolute Gasteiger partial charge is 0.284 e. The van der Waals surface area contributed by atoms with Crippen LogP contribution in [0.1, 0.15) is 13.8 Å². The van der Waals surface area contributed by atoms with Gasteiger partial charge >= 0.3 is 0 Å². The largest absolute Gasteiger partial charge is 0.372 e. The molecule has 1 aliphatic rings. The third-order valence-corrected chi connectivity index (χ3v) is 5.11. The van der Waals surface area contributed by atoms with Gasteiger partial charge < -0.3 is 9.64 Å². The second-order valence-corrected chi connectivity index (χ2v) is 7.80. The van der Waals surface area contributed by atoms with E-state index in [1.54, 1.807) is 4.90 Å². The van der Waals surface area contributed by atoms with Crippen LogP contribution in [0, 0.1) is 0 Å². The number of morpholine rings is 1. The molecule has 2 aromatic heterocycles. The molecule has 0 saturated carbocycles. The van der Waals surface area contributed by atoms with E-state index in [9.17, 15) is 9.59 Å². The molecule has 2 atom stereocenters. The van der Waals surface area contributed by atoms with Gasteiger partial charge in [0.1, 0.15) is 12.9 Å². The van der Waals surface area contributed by atoms with E-state index >= 15 is 0 Å². The molecule has 0 N–H and O–H groups in total. The average molecular weight is 447 g/mol. The molecular weight excluding hydrogens is 428 g/mol. The van der Waals surface area contributed by atoms with Crippen molar-refractivity contribution in [1.29, 1.82) is 0 Å². The van der Waals surface area contributed by atoms with Gasteiger partial charge in [-0.3, -0.25) is 14.2 Å². The van der Waals surface area contributed by atoms with Gasteiger partial charge in [0.15, 0.2) is 11.2 Å². The second kappa shape index (κ2) is 7.44. The van der Waals surface area contributed by atoms with Gasteiger partial charge in [-0.25, -0.2) is 4.98 Å². The van der Waals surface area contributed by atoms with Gasteiger partial charge in [-0.05, 0) is 38.1 Å². The normalized spacial score (nSPS) is 19.9. The molecule has 1 aliphatic heterocycles. The third kappa shape index (κ3) is 3.57. The first-order chi connectivity index (χ1) is 13.4. The van der Waals surface area contributed by atoms with Crippen LogP contribution in [0.25, 0.3) is 16.9 Å². The van der Waals surface area contributed by atoms with Crippen LogP contribution in [0.2, 0.25) is 0 Å². The topological polar surface area (TPSA) is 95.1 Å². The van der Waals surface area contributed by atoms with Crippen molar-refractivity contribution in [2.75, 3.05) is 13.1 Å². The number of rotatable bonds is 3. The lowest BCUT2D eigenvalue weighted by atomic mass is 10.2. The van der Waals surface area contributed by atoms with E-state index in [2.05, 4.69) is 31.2 Å². The number of hydrogen-bond donors (Lipinski definition) is 0. The molecule has 0 spiro atoms. The number of benzene rings is 1. The summed E-state index contributed by atoms with van der Waals surface area (Å²) in [5.41, 5.74) is 0.824. The number of aromatic nitrogens is 5. The molecule has 146 valence electrons. The van der Waals surface area contributed by atoms with E-state index in [1.165, 1.54) is 15.6 Å². The minimum absolute atomic E-state index is 0.0316. The number of ether oxygens (including phenoxy) is 1. The highest BCUT2D eigenvalue weighted by Gasteiger charge is 2.26. The summed E-state index contributed by atoms with van der Waals surface area (Å²) in [5.74, 6) is -0.148. The summed E-state index contributed by atoms with van der Waals surface area (Å²) in [6.07, 6.45) is 1.31. The minimum atomic E-state index is -0.393. The molecule has 3 heterocycles. The summed E-state index contributed by atoms with van der Waals surface area (Å²) in [5, 5.41) is 8.03. The van der Waals surface area contributed by atoms with E-state index in [-0.39, 0.29) is 30.2 Å². The van der Waals surface area contributed by atoms with Gasteiger partial charge in [0, 0.05) is 17.6 Å². The number of carbonyl (C=O) groups excluding carboxylic acids is 1. The Kier molecular flexibility index (Phi) is 4.98. The quantitative estimate of drug-likeness (QED) is 0.602. The summed E-state index contributed by atoms with van der Waals surface area (Å²) >= 11 is 3.38. The minimum Gasteiger partial charge on any atom is -0.372 e. The molecule has 0 radical (unpaired) electrons. The maximum atomic E-state index is 12.8. The molecule has 1 aromatic carbocycles. The van der Waals surface area contributed by atoms with E-state index in [0.29, 0.717) is 18.7 Å². The SMILES string of the molecule is C[C@H]1CN(C(=O)Cn2cnc3c(nnn3-c3ccc(Br)cc3)c2=O)C[C@H](C)O1.